The number of halogens is 3. The van der Waals surface area contributed by atoms with Crippen molar-refractivity contribution in [3.05, 3.63) is 16.4 Å². The van der Waals surface area contributed by atoms with E-state index in [4.69, 9.17) is 34.8 Å². The van der Waals surface area contributed by atoms with Gasteiger partial charge in [0.2, 0.25) is 0 Å². The van der Waals surface area contributed by atoms with E-state index in [0.29, 0.717) is 16.2 Å². The first-order valence-corrected chi connectivity index (χ1v) is 5.39. The highest BCUT2D eigenvalue weighted by atomic mass is 35.5. The van der Waals surface area contributed by atoms with Crippen LogP contribution in [0.2, 0.25) is 10.3 Å². The first-order valence-electron chi connectivity index (χ1n) is 3.11. The molecule has 0 saturated carbocycles. The summed E-state index contributed by atoms with van der Waals surface area (Å²) in [4.78, 5) is 0.817. The van der Waals surface area contributed by atoms with Crippen molar-refractivity contribution >= 4 is 46.6 Å². The van der Waals surface area contributed by atoms with Gasteiger partial charge < -0.3 is 0 Å². The van der Waals surface area contributed by atoms with E-state index < -0.39 is 0 Å². The average molecular weight is 244 g/mol. The Morgan fingerprint density at radius 2 is 2.08 bits per heavy atom. The maximum Gasteiger partial charge on any atom is 0.165 e. The summed E-state index contributed by atoms with van der Waals surface area (Å²) in [6.07, 6.45) is 0. The van der Waals surface area contributed by atoms with Gasteiger partial charge in [0, 0.05) is 16.5 Å². The van der Waals surface area contributed by atoms with E-state index in [1.165, 1.54) is 11.8 Å². The normalized spacial score (nSPS) is 10.2. The number of thioether (sulfide) groups is 1. The van der Waals surface area contributed by atoms with Crippen molar-refractivity contribution in [3.63, 3.8) is 0 Å². The molecule has 12 heavy (non-hydrogen) atoms. The number of hydrogen-bond acceptors (Lipinski definition) is 3. The van der Waals surface area contributed by atoms with Crippen molar-refractivity contribution < 1.29 is 0 Å². The van der Waals surface area contributed by atoms with Crippen LogP contribution in [0.1, 0.15) is 0 Å². The number of hydrogen-bond donors (Lipinski definition) is 0. The molecule has 0 aromatic carbocycles. The molecule has 0 fully saturated rings. The third-order valence-electron chi connectivity index (χ3n) is 1.02. The van der Waals surface area contributed by atoms with Crippen LogP contribution in [-0.4, -0.2) is 21.8 Å². The van der Waals surface area contributed by atoms with E-state index in [-0.39, 0.29) is 0 Å². The van der Waals surface area contributed by atoms with Gasteiger partial charge in [-0.3, -0.25) is 0 Å². The van der Waals surface area contributed by atoms with E-state index >= 15 is 0 Å². The van der Waals surface area contributed by atoms with Crippen LogP contribution in [0.25, 0.3) is 0 Å². The van der Waals surface area contributed by atoms with Gasteiger partial charge in [-0.05, 0) is 6.07 Å². The smallest absolute Gasteiger partial charge is 0.137 e. The first kappa shape index (κ1) is 10.4. The molecule has 0 bridgehead atoms. The van der Waals surface area contributed by atoms with Crippen LogP contribution < -0.4 is 0 Å². The molecular weight excluding hydrogens is 239 g/mol. The molecule has 6 heteroatoms. The molecule has 0 aliphatic heterocycles. The Morgan fingerprint density at radius 3 is 2.75 bits per heavy atom. The van der Waals surface area contributed by atoms with Gasteiger partial charge in [-0.2, -0.15) is 0 Å². The zero-order valence-corrected chi connectivity index (χ0v) is 9.01. The van der Waals surface area contributed by atoms with E-state index in [2.05, 4.69) is 10.2 Å². The fraction of sp³-hybridized carbons (Fsp3) is 0.333. The quantitative estimate of drug-likeness (QED) is 0.603. The van der Waals surface area contributed by atoms with E-state index in [1.807, 2.05) is 0 Å². The topological polar surface area (TPSA) is 25.8 Å². The number of rotatable bonds is 3. The summed E-state index contributed by atoms with van der Waals surface area (Å²) in [6, 6.07) is 1.67. The predicted octanol–water partition coefficient (Wildman–Crippen LogP) is 3.11. The van der Waals surface area contributed by atoms with Gasteiger partial charge in [0.25, 0.3) is 0 Å². The van der Waals surface area contributed by atoms with Gasteiger partial charge in [-0.15, -0.1) is 33.6 Å². The van der Waals surface area contributed by atoms with Crippen molar-refractivity contribution in [2.24, 2.45) is 0 Å². The van der Waals surface area contributed by atoms with Crippen LogP contribution in [0.5, 0.6) is 0 Å². The third kappa shape index (κ3) is 2.98. The van der Waals surface area contributed by atoms with Crippen LogP contribution in [0, 0.1) is 0 Å². The molecule has 0 atom stereocenters. The zero-order valence-electron chi connectivity index (χ0n) is 5.93. The second-order valence-corrected chi connectivity index (χ2v) is 4.12. The van der Waals surface area contributed by atoms with Crippen LogP contribution in [0.3, 0.4) is 0 Å². The Morgan fingerprint density at radius 1 is 1.33 bits per heavy atom. The number of alkyl halides is 1. The highest BCUT2D eigenvalue weighted by Crippen LogP contribution is 2.26. The Balaban J connectivity index is 2.75. The minimum absolute atomic E-state index is 0.344. The van der Waals surface area contributed by atoms with Crippen LogP contribution >= 0.6 is 46.6 Å². The summed E-state index contributed by atoms with van der Waals surface area (Å²) in [7, 11) is 0. The fourth-order valence-electron chi connectivity index (χ4n) is 0.587. The highest BCUT2D eigenvalue weighted by molar-refractivity contribution is 7.99. The highest BCUT2D eigenvalue weighted by Gasteiger charge is 2.03. The molecular formula is C6H5Cl3N2S. The van der Waals surface area contributed by atoms with Gasteiger partial charge >= 0.3 is 0 Å². The molecule has 1 rings (SSSR count). The zero-order chi connectivity index (χ0) is 8.97. The van der Waals surface area contributed by atoms with E-state index in [0.717, 1.165) is 10.6 Å². The van der Waals surface area contributed by atoms with Crippen molar-refractivity contribution in [2.75, 3.05) is 11.6 Å². The van der Waals surface area contributed by atoms with E-state index in [1.54, 1.807) is 6.07 Å². The molecule has 1 aromatic rings. The molecule has 1 heterocycles. The van der Waals surface area contributed by atoms with Crippen LogP contribution in [0.4, 0.5) is 0 Å². The van der Waals surface area contributed by atoms with Crippen molar-refractivity contribution in [1.29, 1.82) is 0 Å². The maximum absolute atomic E-state index is 5.74. The molecule has 2 nitrogen and oxygen atoms in total. The largest absolute Gasteiger partial charge is 0.165 e. The molecule has 0 unspecified atom stereocenters. The molecule has 0 radical (unpaired) electrons. The SMILES string of the molecule is ClCCSc1cc(Cl)nnc1Cl. The molecule has 1 aromatic heterocycles. The Kier molecular flexibility index (Phi) is 4.43. The number of nitrogens with zero attached hydrogens (tertiary/aromatic N) is 2. The minimum Gasteiger partial charge on any atom is -0.137 e. The monoisotopic (exact) mass is 242 g/mol. The van der Waals surface area contributed by atoms with E-state index in [9.17, 15) is 0 Å². The summed E-state index contributed by atoms with van der Waals surface area (Å²) in [5.41, 5.74) is 0. The summed E-state index contributed by atoms with van der Waals surface area (Å²) in [5, 5.41) is 7.95. The number of aromatic nitrogens is 2. The third-order valence-corrected chi connectivity index (χ3v) is 3.04. The fourth-order valence-corrected chi connectivity index (χ4v) is 1.94. The summed E-state index contributed by atoms with van der Waals surface area (Å²) >= 11 is 18.4. The molecule has 0 amide bonds. The lowest BCUT2D eigenvalue weighted by atomic mass is 10.6. The Labute approximate surface area is 89.6 Å². The van der Waals surface area contributed by atoms with Crippen LogP contribution in [0.15, 0.2) is 11.0 Å². The van der Waals surface area contributed by atoms with Gasteiger partial charge in [-0.25, -0.2) is 0 Å². The molecule has 0 aliphatic carbocycles. The molecule has 0 spiro atoms. The van der Waals surface area contributed by atoms with Crippen molar-refractivity contribution in [3.8, 4) is 0 Å². The first-order chi connectivity index (χ1) is 5.74. The van der Waals surface area contributed by atoms with Gasteiger partial charge in [0.1, 0.15) is 0 Å². The minimum atomic E-state index is 0.344. The maximum atomic E-state index is 5.74. The summed E-state index contributed by atoms with van der Waals surface area (Å²) in [5.74, 6) is 1.35. The summed E-state index contributed by atoms with van der Waals surface area (Å²) < 4.78 is 0. The van der Waals surface area contributed by atoms with Crippen molar-refractivity contribution in [1.82, 2.24) is 10.2 Å². The van der Waals surface area contributed by atoms with Gasteiger partial charge in [0.05, 0.1) is 0 Å². The standard InChI is InChI=1S/C6H5Cl3N2S/c7-1-2-12-4-3-5(8)10-11-6(4)9/h3H,1-2H2. The Bertz CT molecular complexity index is 269. The lowest BCUT2D eigenvalue weighted by molar-refractivity contribution is 0.998. The lowest BCUT2D eigenvalue weighted by Crippen LogP contribution is -1.87. The predicted molar refractivity (Wildman–Crippen MR) is 53.5 cm³/mol. The van der Waals surface area contributed by atoms with Gasteiger partial charge in [-0.1, -0.05) is 23.2 Å². The van der Waals surface area contributed by atoms with Crippen molar-refractivity contribution in [2.45, 2.75) is 4.90 Å². The van der Waals surface area contributed by atoms with Crippen LogP contribution in [-0.2, 0) is 0 Å². The second kappa shape index (κ2) is 5.12. The lowest BCUT2D eigenvalue weighted by Gasteiger charge is -1.99. The average Bonchev–Trinajstić information content (AvgIpc) is 2.07. The molecule has 0 aliphatic rings. The Hall–Kier alpha value is 0.300. The summed E-state index contributed by atoms with van der Waals surface area (Å²) in [6.45, 7) is 0. The van der Waals surface area contributed by atoms with Gasteiger partial charge in [0.15, 0.2) is 10.3 Å². The molecule has 0 N–H and O–H groups in total. The molecule has 66 valence electrons. The second-order valence-electron chi connectivity index (χ2n) is 1.86. The molecule has 0 saturated heterocycles.